The zero-order chi connectivity index (χ0) is 30.4. The van der Waals surface area contributed by atoms with Crippen molar-refractivity contribution in [2.45, 2.75) is 16.4 Å². The molecule has 6 nitrogen and oxygen atoms in total. The quantitative estimate of drug-likeness (QED) is 0.182. The third-order valence-corrected chi connectivity index (χ3v) is 7.92. The van der Waals surface area contributed by atoms with E-state index in [2.05, 4.69) is 5.32 Å². The van der Waals surface area contributed by atoms with E-state index in [0.717, 1.165) is 6.07 Å². The van der Waals surface area contributed by atoms with Crippen LogP contribution in [0.1, 0.15) is 21.8 Å². The Balaban J connectivity index is 1.49. The summed E-state index contributed by atoms with van der Waals surface area (Å²) in [5.74, 6) is -8.72. The Morgan fingerprint density at radius 2 is 1.37 bits per heavy atom. The van der Waals surface area contributed by atoms with Crippen molar-refractivity contribution in [1.29, 1.82) is 0 Å². The van der Waals surface area contributed by atoms with Crippen LogP contribution in [0.4, 0.5) is 39.0 Å². The zero-order valence-corrected chi connectivity index (χ0v) is 23.6. The van der Waals surface area contributed by atoms with Crippen molar-refractivity contribution in [1.82, 2.24) is 0 Å². The number of amides is 3. The fraction of sp³-hybridized carbons (Fsp3) is 0.160. The summed E-state index contributed by atoms with van der Waals surface area (Å²) in [6, 6.07) is 9.12. The van der Waals surface area contributed by atoms with Gasteiger partial charge in [0, 0.05) is 17.3 Å². The van der Waals surface area contributed by atoms with E-state index in [0.29, 0.717) is 22.7 Å². The number of rotatable bonds is 6. The number of anilines is 3. The van der Waals surface area contributed by atoms with Gasteiger partial charge in [0.2, 0.25) is 5.91 Å². The van der Waals surface area contributed by atoms with E-state index in [-0.39, 0.29) is 21.3 Å². The topological polar surface area (TPSA) is 87.3 Å². The van der Waals surface area contributed by atoms with Crippen LogP contribution in [0.25, 0.3) is 0 Å². The van der Waals surface area contributed by atoms with E-state index in [1.54, 1.807) is 6.07 Å². The molecular weight excluding hydrogens is 663 g/mol. The van der Waals surface area contributed by atoms with E-state index >= 15 is 0 Å². The fourth-order valence-corrected chi connectivity index (χ4v) is 5.26. The average Bonchev–Trinajstić information content (AvgIpc) is 3.45. The molecule has 3 aromatic carbocycles. The molecule has 0 aliphatic heterocycles. The Bertz CT molecular complexity index is 1560. The molecule has 1 fully saturated rings. The maximum atomic E-state index is 14.5. The number of halogens is 10. The number of alkyl halides is 5. The van der Waals surface area contributed by atoms with Crippen LogP contribution < -0.4 is 16.0 Å². The van der Waals surface area contributed by atoms with Gasteiger partial charge >= 0.3 is 12.1 Å². The standard InChI is InChI=1S/C25H13Cl5F5N3O3/c26-13-4-2-10(36-22(40)19-18(24(19,29)30)9-1-3-14(27)15(28)5-9)6-12(13)21(39)38-20-16(31)7-11(8-17(20)32)37-23(41)25(33,34)35/h1-8,18-19H,(H,36,40)(H,37,41)(H,38,39)/t18-,19?/m0/s1. The number of nitrogens with one attached hydrogen (secondary N) is 3. The van der Waals surface area contributed by atoms with Crippen molar-refractivity contribution >= 4 is 92.8 Å². The predicted octanol–water partition coefficient (Wildman–Crippen LogP) is 8.20. The van der Waals surface area contributed by atoms with Gasteiger partial charge in [0.1, 0.15) is 10.0 Å². The van der Waals surface area contributed by atoms with Crippen LogP contribution in [-0.2, 0) is 9.59 Å². The molecule has 0 saturated heterocycles. The highest BCUT2D eigenvalue weighted by Gasteiger charge is 2.67. The van der Waals surface area contributed by atoms with Crippen molar-refractivity contribution in [2.24, 2.45) is 5.92 Å². The molecule has 1 unspecified atom stereocenters. The van der Waals surface area contributed by atoms with Crippen LogP contribution in [0.5, 0.6) is 0 Å². The lowest BCUT2D eigenvalue weighted by atomic mass is 10.1. The molecule has 0 spiro atoms. The number of carbonyl (C=O) groups excluding carboxylic acids is 3. The second-order valence-corrected chi connectivity index (χ2v) is 11.4. The van der Waals surface area contributed by atoms with Crippen molar-refractivity contribution in [3.8, 4) is 0 Å². The Morgan fingerprint density at radius 3 is 1.95 bits per heavy atom. The molecule has 0 aromatic heterocycles. The summed E-state index contributed by atoms with van der Waals surface area (Å²) in [7, 11) is 0. The fourth-order valence-electron chi connectivity index (χ4n) is 3.92. The lowest BCUT2D eigenvalue weighted by Crippen LogP contribution is -2.30. The van der Waals surface area contributed by atoms with Crippen LogP contribution in [0.15, 0.2) is 48.5 Å². The normalized spacial score (nSPS) is 17.5. The third-order valence-electron chi connectivity index (χ3n) is 5.91. The lowest BCUT2D eigenvalue weighted by molar-refractivity contribution is -0.167. The molecular formula is C25H13Cl5F5N3O3. The summed E-state index contributed by atoms with van der Waals surface area (Å²) in [6.07, 6.45) is -5.30. The first kappa shape index (κ1) is 31.1. The van der Waals surface area contributed by atoms with Gasteiger partial charge in [-0.25, -0.2) is 8.78 Å². The molecule has 16 heteroatoms. The second kappa shape index (κ2) is 11.4. The largest absolute Gasteiger partial charge is 0.471 e. The van der Waals surface area contributed by atoms with E-state index in [1.165, 1.54) is 29.6 Å². The Labute approximate surface area is 253 Å². The molecule has 0 bridgehead atoms. The number of benzene rings is 3. The third kappa shape index (κ3) is 6.65. The molecule has 2 atom stereocenters. The Morgan fingerprint density at radius 1 is 0.756 bits per heavy atom. The summed E-state index contributed by atoms with van der Waals surface area (Å²) in [4.78, 5) is 36.8. The first-order valence-electron chi connectivity index (χ1n) is 11.1. The van der Waals surface area contributed by atoms with Gasteiger partial charge in [-0.2, -0.15) is 13.2 Å². The molecule has 4 rings (SSSR count). The summed E-state index contributed by atoms with van der Waals surface area (Å²) < 4.78 is 64.7. The highest BCUT2D eigenvalue weighted by molar-refractivity contribution is 6.53. The van der Waals surface area contributed by atoms with Crippen molar-refractivity contribution in [3.05, 3.63) is 86.4 Å². The first-order valence-corrected chi connectivity index (χ1v) is 13.0. The summed E-state index contributed by atoms with van der Waals surface area (Å²) in [6.45, 7) is 0. The Kier molecular flexibility index (Phi) is 8.69. The number of hydrogen-bond donors (Lipinski definition) is 3. The van der Waals surface area contributed by atoms with Crippen molar-refractivity contribution < 1.29 is 36.3 Å². The van der Waals surface area contributed by atoms with Gasteiger partial charge < -0.3 is 16.0 Å². The van der Waals surface area contributed by atoms with Gasteiger partial charge in [0.15, 0.2) is 11.6 Å². The average molecular weight is 676 g/mol. The summed E-state index contributed by atoms with van der Waals surface area (Å²) in [5, 5.41) is 6.14. The smallest absolute Gasteiger partial charge is 0.326 e. The van der Waals surface area contributed by atoms with E-state index < -0.39 is 63.1 Å². The SMILES string of the molecule is O=C(Nc1c(F)cc(NC(=O)C(F)(F)F)cc1F)c1cc(NC(=O)C2[C@H](c3ccc(Cl)c(Cl)c3)C2(Cl)Cl)ccc1Cl. The first-order chi connectivity index (χ1) is 19.0. The van der Waals surface area contributed by atoms with Gasteiger partial charge in [0.25, 0.3) is 5.91 Å². The molecule has 0 radical (unpaired) electrons. The van der Waals surface area contributed by atoms with Crippen LogP contribution >= 0.6 is 58.0 Å². The Hall–Kier alpha value is -2.83. The monoisotopic (exact) mass is 673 g/mol. The van der Waals surface area contributed by atoms with Crippen LogP contribution in [0.3, 0.4) is 0 Å². The molecule has 41 heavy (non-hydrogen) atoms. The van der Waals surface area contributed by atoms with Gasteiger partial charge in [-0.15, -0.1) is 23.2 Å². The second-order valence-electron chi connectivity index (χ2n) is 8.71. The maximum absolute atomic E-state index is 14.5. The maximum Gasteiger partial charge on any atom is 0.471 e. The lowest BCUT2D eigenvalue weighted by Gasteiger charge is -2.13. The van der Waals surface area contributed by atoms with E-state index in [9.17, 15) is 36.3 Å². The molecule has 3 aromatic rings. The number of hydrogen-bond acceptors (Lipinski definition) is 3. The molecule has 216 valence electrons. The highest BCUT2D eigenvalue weighted by Crippen LogP contribution is 2.65. The van der Waals surface area contributed by atoms with Gasteiger partial charge in [-0.3, -0.25) is 14.4 Å². The minimum atomic E-state index is -5.30. The van der Waals surface area contributed by atoms with E-state index in [4.69, 9.17) is 58.0 Å². The molecule has 3 amide bonds. The van der Waals surface area contributed by atoms with Crippen LogP contribution in [-0.4, -0.2) is 28.2 Å². The minimum absolute atomic E-state index is 0.0552. The minimum Gasteiger partial charge on any atom is -0.326 e. The molecule has 1 saturated carbocycles. The molecule has 3 N–H and O–H groups in total. The van der Waals surface area contributed by atoms with Gasteiger partial charge in [-0.1, -0.05) is 40.9 Å². The molecule has 1 aliphatic carbocycles. The zero-order valence-electron chi connectivity index (χ0n) is 19.8. The van der Waals surface area contributed by atoms with Gasteiger partial charge in [-0.05, 0) is 48.0 Å². The molecule has 0 heterocycles. The predicted molar refractivity (Wildman–Crippen MR) is 146 cm³/mol. The van der Waals surface area contributed by atoms with Crippen molar-refractivity contribution in [2.75, 3.05) is 16.0 Å². The summed E-state index contributed by atoms with van der Waals surface area (Å²) in [5.41, 5.74) is -1.56. The number of carbonyl (C=O) groups is 3. The molecule has 1 aliphatic rings. The summed E-state index contributed by atoms with van der Waals surface area (Å²) >= 11 is 30.7. The van der Waals surface area contributed by atoms with Crippen LogP contribution in [0.2, 0.25) is 15.1 Å². The van der Waals surface area contributed by atoms with E-state index in [1.807, 2.05) is 5.32 Å². The highest BCUT2D eigenvalue weighted by atomic mass is 35.5. The van der Waals surface area contributed by atoms with Gasteiger partial charge in [0.05, 0.1) is 26.5 Å². The van der Waals surface area contributed by atoms with Crippen molar-refractivity contribution in [3.63, 3.8) is 0 Å². The van der Waals surface area contributed by atoms with Crippen LogP contribution in [0, 0.1) is 17.6 Å².